The molecule has 0 saturated heterocycles. The molecule has 0 bridgehead atoms. The van der Waals surface area contributed by atoms with Gasteiger partial charge in [-0.1, -0.05) is 37.8 Å². The SMILES string of the molecule is COc1ccc(C(O)CNC(=O)C2CCCCCC2)cc1. The molecule has 0 aromatic heterocycles. The van der Waals surface area contributed by atoms with E-state index in [1.807, 2.05) is 24.3 Å². The highest BCUT2D eigenvalue weighted by Crippen LogP contribution is 2.23. The van der Waals surface area contributed by atoms with Crippen LogP contribution < -0.4 is 10.1 Å². The summed E-state index contributed by atoms with van der Waals surface area (Å²) in [7, 11) is 1.61. The van der Waals surface area contributed by atoms with Crippen molar-refractivity contribution >= 4 is 5.91 Å². The maximum atomic E-state index is 12.1. The van der Waals surface area contributed by atoms with E-state index in [0.29, 0.717) is 0 Å². The van der Waals surface area contributed by atoms with Crippen molar-refractivity contribution < 1.29 is 14.6 Å². The number of nitrogens with one attached hydrogen (secondary N) is 1. The molecule has 0 radical (unpaired) electrons. The van der Waals surface area contributed by atoms with Gasteiger partial charge < -0.3 is 15.2 Å². The first-order valence-electron chi connectivity index (χ1n) is 7.80. The largest absolute Gasteiger partial charge is 0.497 e. The molecule has 0 aliphatic heterocycles. The number of amides is 1. The molecule has 0 heterocycles. The van der Waals surface area contributed by atoms with Crippen molar-refractivity contribution in [2.24, 2.45) is 5.92 Å². The molecule has 1 unspecified atom stereocenters. The lowest BCUT2D eigenvalue weighted by Gasteiger charge is -2.17. The minimum absolute atomic E-state index is 0.0875. The molecule has 1 aliphatic rings. The Hall–Kier alpha value is -1.55. The molecular weight excluding hydrogens is 266 g/mol. The zero-order chi connectivity index (χ0) is 15.1. The molecule has 1 amide bonds. The Labute approximate surface area is 126 Å². The number of rotatable bonds is 5. The lowest BCUT2D eigenvalue weighted by molar-refractivity contribution is -0.125. The highest BCUT2D eigenvalue weighted by Gasteiger charge is 2.20. The Morgan fingerprint density at radius 1 is 1.24 bits per heavy atom. The highest BCUT2D eigenvalue weighted by atomic mass is 16.5. The molecule has 1 saturated carbocycles. The summed E-state index contributed by atoms with van der Waals surface area (Å²) in [6, 6.07) is 7.26. The van der Waals surface area contributed by atoms with Crippen molar-refractivity contribution in [2.45, 2.75) is 44.6 Å². The van der Waals surface area contributed by atoms with Crippen LogP contribution in [-0.4, -0.2) is 24.7 Å². The van der Waals surface area contributed by atoms with E-state index in [9.17, 15) is 9.90 Å². The molecule has 116 valence electrons. The van der Waals surface area contributed by atoms with Gasteiger partial charge in [0.2, 0.25) is 5.91 Å². The van der Waals surface area contributed by atoms with Crippen LogP contribution in [0.2, 0.25) is 0 Å². The van der Waals surface area contributed by atoms with Gasteiger partial charge in [0.25, 0.3) is 0 Å². The van der Waals surface area contributed by atoms with Gasteiger partial charge in [-0.25, -0.2) is 0 Å². The summed E-state index contributed by atoms with van der Waals surface area (Å²) in [6.45, 7) is 0.266. The van der Waals surface area contributed by atoms with E-state index in [4.69, 9.17) is 4.74 Å². The fourth-order valence-corrected chi connectivity index (χ4v) is 2.83. The quantitative estimate of drug-likeness (QED) is 0.820. The van der Waals surface area contributed by atoms with Crippen LogP contribution in [0.4, 0.5) is 0 Å². The number of aliphatic hydroxyl groups excluding tert-OH is 1. The van der Waals surface area contributed by atoms with E-state index in [1.54, 1.807) is 7.11 Å². The molecule has 1 atom stereocenters. The van der Waals surface area contributed by atoms with E-state index >= 15 is 0 Å². The van der Waals surface area contributed by atoms with Gasteiger partial charge >= 0.3 is 0 Å². The Kier molecular flexibility index (Phi) is 6.05. The predicted molar refractivity (Wildman–Crippen MR) is 82.2 cm³/mol. The standard InChI is InChI=1S/C17H25NO3/c1-21-15-10-8-13(9-11-15)16(19)12-18-17(20)14-6-4-2-3-5-7-14/h8-11,14,16,19H,2-7,12H2,1H3,(H,18,20). The van der Waals surface area contributed by atoms with Crippen LogP contribution in [0.25, 0.3) is 0 Å². The molecule has 4 heteroatoms. The van der Waals surface area contributed by atoms with Crippen molar-refractivity contribution in [1.29, 1.82) is 0 Å². The summed E-state index contributed by atoms with van der Waals surface area (Å²) < 4.78 is 5.09. The van der Waals surface area contributed by atoms with E-state index in [0.717, 1.165) is 37.0 Å². The van der Waals surface area contributed by atoms with Crippen LogP contribution in [-0.2, 0) is 4.79 Å². The third kappa shape index (κ3) is 4.74. The van der Waals surface area contributed by atoms with E-state index in [1.165, 1.54) is 12.8 Å². The molecule has 1 aromatic rings. The highest BCUT2D eigenvalue weighted by molar-refractivity contribution is 5.78. The average molecular weight is 291 g/mol. The lowest BCUT2D eigenvalue weighted by atomic mass is 9.99. The zero-order valence-corrected chi connectivity index (χ0v) is 12.7. The van der Waals surface area contributed by atoms with Crippen molar-refractivity contribution in [1.82, 2.24) is 5.32 Å². The molecule has 2 rings (SSSR count). The molecule has 4 nitrogen and oxygen atoms in total. The maximum absolute atomic E-state index is 12.1. The molecule has 1 fully saturated rings. The van der Waals surface area contributed by atoms with Crippen LogP contribution in [0.5, 0.6) is 5.75 Å². The first-order valence-corrected chi connectivity index (χ1v) is 7.80. The van der Waals surface area contributed by atoms with E-state index < -0.39 is 6.10 Å². The topological polar surface area (TPSA) is 58.6 Å². The van der Waals surface area contributed by atoms with Gasteiger partial charge in [-0.15, -0.1) is 0 Å². The minimum Gasteiger partial charge on any atom is -0.497 e. The first-order chi connectivity index (χ1) is 10.2. The maximum Gasteiger partial charge on any atom is 0.223 e. The third-order valence-corrected chi connectivity index (χ3v) is 4.20. The van der Waals surface area contributed by atoms with Crippen molar-refractivity contribution in [2.75, 3.05) is 13.7 Å². The van der Waals surface area contributed by atoms with Gasteiger partial charge in [-0.05, 0) is 30.5 Å². The van der Waals surface area contributed by atoms with Crippen LogP contribution in [0.1, 0.15) is 50.2 Å². The molecule has 1 aromatic carbocycles. The minimum atomic E-state index is -0.675. The van der Waals surface area contributed by atoms with Gasteiger partial charge in [0, 0.05) is 12.5 Å². The summed E-state index contributed by atoms with van der Waals surface area (Å²) >= 11 is 0. The summed E-state index contributed by atoms with van der Waals surface area (Å²) in [6.07, 6.45) is 6.02. The summed E-state index contributed by atoms with van der Waals surface area (Å²) in [4.78, 5) is 12.1. The van der Waals surface area contributed by atoms with Crippen molar-refractivity contribution in [3.63, 3.8) is 0 Å². The number of hydrogen-bond donors (Lipinski definition) is 2. The zero-order valence-electron chi connectivity index (χ0n) is 12.7. The number of methoxy groups -OCH3 is 1. The third-order valence-electron chi connectivity index (χ3n) is 4.20. The second-order valence-electron chi connectivity index (χ2n) is 5.72. The van der Waals surface area contributed by atoms with Crippen molar-refractivity contribution in [3.8, 4) is 5.75 Å². The van der Waals surface area contributed by atoms with Gasteiger partial charge in [-0.3, -0.25) is 4.79 Å². The van der Waals surface area contributed by atoms with Crippen LogP contribution >= 0.6 is 0 Å². The summed E-state index contributed by atoms with van der Waals surface area (Å²) in [5, 5.41) is 13.0. The Bertz CT molecular complexity index is 436. The molecule has 21 heavy (non-hydrogen) atoms. The van der Waals surface area contributed by atoms with Crippen LogP contribution in [0.15, 0.2) is 24.3 Å². The molecule has 0 spiro atoms. The molecule has 2 N–H and O–H groups in total. The second kappa shape index (κ2) is 8.03. The van der Waals surface area contributed by atoms with Gasteiger partial charge in [0.05, 0.1) is 13.2 Å². The van der Waals surface area contributed by atoms with Gasteiger partial charge in [0.1, 0.15) is 5.75 Å². The first kappa shape index (κ1) is 15.8. The number of benzene rings is 1. The lowest BCUT2D eigenvalue weighted by Crippen LogP contribution is -2.33. The van der Waals surface area contributed by atoms with Gasteiger partial charge in [0.15, 0.2) is 0 Å². The normalized spacial score (nSPS) is 17.8. The van der Waals surface area contributed by atoms with Gasteiger partial charge in [-0.2, -0.15) is 0 Å². The molecule has 1 aliphatic carbocycles. The number of carbonyl (C=O) groups excluding carboxylic acids is 1. The average Bonchev–Trinajstić information content (AvgIpc) is 2.81. The van der Waals surface area contributed by atoms with Crippen LogP contribution in [0.3, 0.4) is 0 Å². The second-order valence-corrected chi connectivity index (χ2v) is 5.72. The smallest absolute Gasteiger partial charge is 0.223 e. The fourth-order valence-electron chi connectivity index (χ4n) is 2.83. The summed E-state index contributed by atoms with van der Waals surface area (Å²) in [5.74, 6) is 0.966. The van der Waals surface area contributed by atoms with Crippen LogP contribution in [0, 0.1) is 5.92 Å². The Morgan fingerprint density at radius 2 is 1.86 bits per heavy atom. The summed E-state index contributed by atoms with van der Waals surface area (Å²) in [5.41, 5.74) is 0.789. The number of ether oxygens (including phenoxy) is 1. The number of carbonyl (C=O) groups is 1. The Morgan fingerprint density at radius 3 is 2.43 bits per heavy atom. The predicted octanol–water partition coefficient (Wildman–Crippen LogP) is 2.82. The fraction of sp³-hybridized carbons (Fsp3) is 0.588. The monoisotopic (exact) mass is 291 g/mol. The van der Waals surface area contributed by atoms with E-state index in [2.05, 4.69) is 5.32 Å². The molecular formula is C17H25NO3. The number of hydrogen-bond acceptors (Lipinski definition) is 3. The number of aliphatic hydroxyl groups is 1. The van der Waals surface area contributed by atoms with Crippen molar-refractivity contribution in [3.05, 3.63) is 29.8 Å². The Balaban J connectivity index is 1.81. The van der Waals surface area contributed by atoms with E-state index in [-0.39, 0.29) is 18.4 Å².